The van der Waals surface area contributed by atoms with Crippen LogP contribution < -0.4 is 20.7 Å². The topological polar surface area (TPSA) is 119 Å². The Balaban J connectivity index is 1.92. The van der Waals surface area contributed by atoms with Gasteiger partial charge in [0.05, 0.1) is 23.4 Å². The predicted molar refractivity (Wildman–Crippen MR) is 114 cm³/mol. The Labute approximate surface area is 171 Å². The molecule has 30 heavy (non-hydrogen) atoms. The second-order valence-corrected chi connectivity index (χ2v) is 9.83. The molecule has 1 aromatic heterocycles. The van der Waals surface area contributed by atoms with Crippen LogP contribution in [0, 0.1) is 15.9 Å². The van der Waals surface area contributed by atoms with Crippen LogP contribution in [-0.4, -0.2) is 35.3 Å². The van der Waals surface area contributed by atoms with Crippen LogP contribution in [0.2, 0.25) is 0 Å². The molecule has 0 amide bonds. The fraction of sp³-hybridized carbons (Fsp3) is 0.158. The Bertz CT molecular complexity index is 1150. The highest BCUT2D eigenvalue weighted by Crippen LogP contribution is 2.38. The Morgan fingerprint density at radius 1 is 1.13 bits per heavy atom. The molecule has 1 heterocycles. The summed E-state index contributed by atoms with van der Waals surface area (Å²) in [5, 5.41) is 17.6. The maximum absolute atomic E-state index is 13.8. The summed E-state index contributed by atoms with van der Waals surface area (Å²) < 4.78 is 31.5. The molecule has 0 radical (unpaired) electrons. The van der Waals surface area contributed by atoms with Crippen molar-refractivity contribution in [3.05, 3.63) is 64.6 Å². The number of nitrogens with one attached hydrogen (secondary N) is 2. The number of benzene rings is 2. The van der Waals surface area contributed by atoms with Gasteiger partial charge in [-0.15, -0.1) is 0 Å². The highest BCUT2D eigenvalue weighted by Gasteiger charge is 2.20. The standard InChI is InChI=1S/C19H19FN5O4P/c1-29-16-10-12(20)15(25(26)27)11-14(16)23-19-21-9-8-18(24-19)22-13-6-4-5-7-17(13)30(2,3)28/h4-11H,1-3H3,(H2,21,22,23,24). The van der Waals surface area contributed by atoms with Gasteiger partial charge in [-0.1, -0.05) is 12.1 Å². The molecule has 3 aromatic rings. The maximum atomic E-state index is 13.8. The third-order valence-electron chi connectivity index (χ3n) is 4.11. The van der Waals surface area contributed by atoms with E-state index in [2.05, 4.69) is 20.6 Å². The third kappa shape index (κ3) is 4.72. The molecule has 2 aromatic carbocycles. The first kappa shape index (κ1) is 21.2. The van der Waals surface area contributed by atoms with Crippen LogP contribution >= 0.6 is 7.14 Å². The number of halogens is 1. The first-order valence-corrected chi connectivity index (χ1v) is 11.3. The number of aromatic nitrogens is 2. The van der Waals surface area contributed by atoms with Crippen molar-refractivity contribution in [3.63, 3.8) is 0 Å². The molecule has 0 atom stereocenters. The molecule has 0 fully saturated rings. The quantitative estimate of drug-likeness (QED) is 0.323. The fourth-order valence-corrected chi connectivity index (χ4v) is 3.90. The largest absolute Gasteiger partial charge is 0.494 e. The summed E-state index contributed by atoms with van der Waals surface area (Å²) in [6, 6.07) is 10.7. The second-order valence-electron chi connectivity index (χ2n) is 6.64. The number of nitro groups is 1. The number of ether oxygens (including phenoxy) is 1. The molecule has 0 aliphatic rings. The number of methoxy groups -OCH3 is 1. The van der Waals surface area contributed by atoms with Crippen molar-refractivity contribution in [2.45, 2.75) is 0 Å². The molecule has 11 heteroatoms. The molecule has 2 N–H and O–H groups in total. The minimum atomic E-state index is -2.53. The van der Waals surface area contributed by atoms with Gasteiger partial charge < -0.3 is 19.9 Å². The van der Waals surface area contributed by atoms with Crippen LogP contribution in [0.3, 0.4) is 0 Å². The second kappa shape index (κ2) is 8.46. The molecule has 3 rings (SSSR count). The van der Waals surface area contributed by atoms with Crippen LogP contribution in [0.5, 0.6) is 5.75 Å². The number of hydrogen-bond acceptors (Lipinski definition) is 8. The van der Waals surface area contributed by atoms with Crippen LogP contribution in [0.1, 0.15) is 0 Å². The van der Waals surface area contributed by atoms with Gasteiger partial charge in [-0.05, 0) is 31.5 Å². The lowest BCUT2D eigenvalue weighted by Crippen LogP contribution is -2.10. The molecule has 0 saturated carbocycles. The van der Waals surface area contributed by atoms with Crippen molar-refractivity contribution in [1.82, 2.24) is 9.97 Å². The van der Waals surface area contributed by atoms with Crippen molar-refractivity contribution >= 4 is 41.3 Å². The lowest BCUT2D eigenvalue weighted by Gasteiger charge is -2.15. The average molecular weight is 431 g/mol. The minimum absolute atomic E-state index is 0.0586. The molecule has 0 unspecified atom stereocenters. The number of nitrogens with zero attached hydrogens (tertiary/aromatic N) is 3. The van der Waals surface area contributed by atoms with Crippen molar-refractivity contribution < 1.29 is 18.6 Å². The van der Waals surface area contributed by atoms with E-state index in [0.717, 1.165) is 12.1 Å². The fourth-order valence-electron chi connectivity index (χ4n) is 2.75. The molecule has 0 bridgehead atoms. The van der Waals surface area contributed by atoms with Crippen molar-refractivity contribution in [1.29, 1.82) is 0 Å². The first-order valence-electron chi connectivity index (χ1n) is 8.72. The zero-order valence-electron chi connectivity index (χ0n) is 16.4. The van der Waals surface area contributed by atoms with E-state index in [1.54, 1.807) is 37.6 Å². The summed E-state index contributed by atoms with van der Waals surface area (Å²) in [5.41, 5.74) is 0.0726. The van der Waals surface area contributed by atoms with Gasteiger partial charge in [0.25, 0.3) is 0 Å². The summed E-state index contributed by atoms with van der Waals surface area (Å²) in [7, 11) is -1.21. The van der Waals surface area contributed by atoms with Crippen LogP contribution in [-0.2, 0) is 4.57 Å². The number of hydrogen-bond donors (Lipinski definition) is 2. The Hall–Kier alpha value is -3.52. The predicted octanol–water partition coefficient (Wildman–Crippen LogP) is 4.27. The number of nitro benzene ring substituents is 1. The normalized spacial score (nSPS) is 11.1. The summed E-state index contributed by atoms with van der Waals surface area (Å²) in [6.45, 7) is 3.35. The van der Waals surface area contributed by atoms with E-state index < -0.39 is 23.6 Å². The first-order chi connectivity index (χ1) is 14.2. The van der Waals surface area contributed by atoms with E-state index in [-0.39, 0.29) is 17.4 Å². The van der Waals surface area contributed by atoms with E-state index in [0.29, 0.717) is 16.8 Å². The van der Waals surface area contributed by atoms with E-state index >= 15 is 0 Å². The van der Waals surface area contributed by atoms with Crippen LogP contribution in [0.4, 0.5) is 33.2 Å². The van der Waals surface area contributed by atoms with Gasteiger partial charge in [0.2, 0.25) is 11.8 Å². The van der Waals surface area contributed by atoms with E-state index in [9.17, 15) is 19.1 Å². The van der Waals surface area contributed by atoms with Gasteiger partial charge >= 0.3 is 5.69 Å². The minimum Gasteiger partial charge on any atom is -0.494 e. The summed E-state index contributed by atoms with van der Waals surface area (Å²) in [5.74, 6) is -0.445. The zero-order valence-corrected chi connectivity index (χ0v) is 17.3. The molecule has 0 aliphatic carbocycles. The number of para-hydroxylation sites is 1. The van der Waals surface area contributed by atoms with Gasteiger partial charge in [-0.2, -0.15) is 9.37 Å². The lowest BCUT2D eigenvalue weighted by molar-refractivity contribution is -0.387. The summed E-state index contributed by atoms with van der Waals surface area (Å²) in [6.07, 6.45) is 1.47. The van der Waals surface area contributed by atoms with Crippen LogP contribution in [0.15, 0.2) is 48.7 Å². The molecule has 156 valence electrons. The van der Waals surface area contributed by atoms with Gasteiger partial charge in [0.1, 0.15) is 18.7 Å². The Morgan fingerprint density at radius 3 is 2.53 bits per heavy atom. The molecule has 9 nitrogen and oxygen atoms in total. The van der Waals surface area contributed by atoms with Gasteiger partial charge in [0, 0.05) is 23.6 Å². The highest BCUT2D eigenvalue weighted by molar-refractivity contribution is 7.70. The van der Waals surface area contributed by atoms with Gasteiger partial charge in [0.15, 0.2) is 0 Å². The zero-order chi connectivity index (χ0) is 21.9. The monoisotopic (exact) mass is 431 g/mol. The third-order valence-corrected chi connectivity index (χ3v) is 5.66. The van der Waals surface area contributed by atoms with E-state index in [4.69, 9.17) is 4.74 Å². The lowest BCUT2D eigenvalue weighted by atomic mass is 10.2. The molecule has 0 spiro atoms. The molecule has 0 aliphatic heterocycles. The average Bonchev–Trinajstić information content (AvgIpc) is 2.68. The van der Waals surface area contributed by atoms with Gasteiger partial charge in [-0.25, -0.2) is 4.98 Å². The molecular weight excluding hydrogens is 412 g/mol. The Morgan fingerprint density at radius 2 is 1.87 bits per heavy atom. The number of rotatable bonds is 7. The van der Waals surface area contributed by atoms with Crippen molar-refractivity contribution in [3.8, 4) is 5.75 Å². The van der Waals surface area contributed by atoms with Crippen LogP contribution in [0.25, 0.3) is 0 Å². The molecular formula is C19H19FN5O4P. The van der Waals surface area contributed by atoms with E-state index in [1.165, 1.54) is 13.3 Å². The SMILES string of the molecule is COc1cc(F)c([N+](=O)[O-])cc1Nc1nccc(Nc2ccccc2P(C)(C)=O)n1. The Kier molecular flexibility index (Phi) is 5.98. The number of anilines is 4. The highest BCUT2D eigenvalue weighted by atomic mass is 31.2. The summed E-state index contributed by atoms with van der Waals surface area (Å²) >= 11 is 0. The molecule has 0 saturated heterocycles. The smallest absolute Gasteiger partial charge is 0.307 e. The maximum Gasteiger partial charge on any atom is 0.307 e. The summed E-state index contributed by atoms with van der Waals surface area (Å²) in [4.78, 5) is 18.6. The van der Waals surface area contributed by atoms with Crippen molar-refractivity contribution in [2.75, 3.05) is 31.1 Å². The van der Waals surface area contributed by atoms with E-state index in [1.807, 2.05) is 6.07 Å². The van der Waals surface area contributed by atoms with Gasteiger partial charge in [-0.3, -0.25) is 10.1 Å². The van der Waals surface area contributed by atoms with Crippen molar-refractivity contribution in [2.24, 2.45) is 0 Å².